The number of hydrogen-bond donors (Lipinski definition) is 0. The van der Waals surface area contributed by atoms with Crippen LogP contribution in [0.3, 0.4) is 0 Å². The van der Waals surface area contributed by atoms with Gasteiger partial charge in [-0.25, -0.2) is 9.97 Å². The molecule has 1 aliphatic rings. The molecule has 0 unspecified atom stereocenters. The highest BCUT2D eigenvalue weighted by Gasteiger charge is 2.37. The van der Waals surface area contributed by atoms with E-state index in [2.05, 4.69) is 9.97 Å². The first-order valence-corrected chi connectivity index (χ1v) is 5.74. The minimum atomic E-state index is -0.522. The zero-order valence-corrected chi connectivity index (χ0v) is 10.4. The van der Waals surface area contributed by atoms with E-state index in [0.717, 1.165) is 19.4 Å². The summed E-state index contributed by atoms with van der Waals surface area (Å²) in [7, 11) is 0. The van der Waals surface area contributed by atoms with E-state index in [1.54, 1.807) is 0 Å². The molecule has 1 saturated heterocycles. The van der Waals surface area contributed by atoms with Gasteiger partial charge < -0.3 is 4.90 Å². The van der Waals surface area contributed by atoms with Crippen molar-refractivity contribution in [2.24, 2.45) is 0 Å². The summed E-state index contributed by atoms with van der Waals surface area (Å²) in [5, 5.41) is 10.9. The highest BCUT2D eigenvalue weighted by atomic mass is 35.5. The zero-order valence-electron chi connectivity index (χ0n) is 9.68. The molecule has 0 atom stereocenters. The third kappa shape index (κ3) is 2.04. The molecule has 0 N–H and O–H groups in total. The second-order valence-electron chi connectivity index (χ2n) is 4.66. The van der Waals surface area contributed by atoms with Crippen LogP contribution < -0.4 is 4.90 Å². The van der Waals surface area contributed by atoms with Crippen molar-refractivity contribution in [3.63, 3.8) is 0 Å². The van der Waals surface area contributed by atoms with E-state index < -0.39 is 4.92 Å². The molecular formula is C10H13ClN4O2. The Morgan fingerprint density at radius 3 is 2.76 bits per heavy atom. The molecule has 0 aliphatic carbocycles. The molecule has 0 radical (unpaired) electrons. The molecule has 0 spiro atoms. The van der Waals surface area contributed by atoms with Gasteiger partial charge >= 0.3 is 5.69 Å². The second-order valence-corrected chi connectivity index (χ2v) is 5.02. The van der Waals surface area contributed by atoms with E-state index in [-0.39, 0.29) is 16.4 Å². The quantitative estimate of drug-likeness (QED) is 0.462. The fourth-order valence-electron chi connectivity index (χ4n) is 2.20. The molecule has 1 aliphatic heterocycles. The Kier molecular flexibility index (Phi) is 2.91. The van der Waals surface area contributed by atoms with Gasteiger partial charge in [0.25, 0.3) is 0 Å². The SMILES string of the molecule is CC1(C)CCCN1c1ncnc(Cl)c1[N+](=O)[O-]. The predicted octanol–water partition coefficient (Wildman–Crippen LogP) is 2.42. The molecule has 1 fully saturated rings. The Morgan fingerprint density at radius 1 is 1.53 bits per heavy atom. The summed E-state index contributed by atoms with van der Waals surface area (Å²) >= 11 is 5.78. The molecule has 0 bridgehead atoms. The van der Waals surface area contributed by atoms with Crippen LogP contribution in [0, 0.1) is 10.1 Å². The number of nitrogens with zero attached hydrogens (tertiary/aromatic N) is 4. The van der Waals surface area contributed by atoms with Gasteiger partial charge in [0, 0.05) is 12.1 Å². The lowest BCUT2D eigenvalue weighted by molar-refractivity contribution is -0.384. The lowest BCUT2D eigenvalue weighted by atomic mass is 10.0. The summed E-state index contributed by atoms with van der Waals surface area (Å²) in [5.41, 5.74) is -0.341. The van der Waals surface area contributed by atoms with Crippen LogP contribution in [0.4, 0.5) is 11.5 Å². The lowest BCUT2D eigenvalue weighted by Crippen LogP contribution is -2.39. The van der Waals surface area contributed by atoms with Crippen molar-refractivity contribution in [1.29, 1.82) is 0 Å². The minimum absolute atomic E-state index is 0.109. The Balaban J connectivity index is 2.52. The largest absolute Gasteiger partial charge is 0.348 e. The third-order valence-electron chi connectivity index (χ3n) is 3.10. The number of aromatic nitrogens is 2. The fraction of sp³-hybridized carbons (Fsp3) is 0.600. The van der Waals surface area contributed by atoms with E-state index in [1.165, 1.54) is 6.33 Å². The molecule has 1 aromatic heterocycles. The summed E-state index contributed by atoms with van der Waals surface area (Å²) < 4.78 is 0. The first-order valence-electron chi connectivity index (χ1n) is 5.36. The molecule has 2 heterocycles. The molecular weight excluding hydrogens is 244 g/mol. The smallest absolute Gasteiger partial charge is 0.346 e. The van der Waals surface area contributed by atoms with Crippen molar-refractivity contribution in [2.45, 2.75) is 32.2 Å². The monoisotopic (exact) mass is 256 g/mol. The van der Waals surface area contributed by atoms with Gasteiger partial charge in [-0.15, -0.1) is 0 Å². The van der Waals surface area contributed by atoms with E-state index in [1.807, 2.05) is 18.7 Å². The molecule has 1 aromatic rings. The van der Waals surface area contributed by atoms with E-state index in [0.29, 0.717) is 5.82 Å². The van der Waals surface area contributed by atoms with Crippen molar-refractivity contribution < 1.29 is 4.92 Å². The van der Waals surface area contributed by atoms with Crippen LogP contribution in [0.5, 0.6) is 0 Å². The Morgan fingerprint density at radius 2 is 2.24 bits per heavy atom. The summed E-state index contributed by atoms with van der Waals surface area (Å²) in [5.74, 6) is 0.317. The van der Waals surface area contributed by atoms with Crippen molar-refractivity contribution in [2.75, 3.05) is 11.4 Å². The maximum absolute atomic E-state index is 11.0. The number of anilines is 1. The van der Waals surface area contributed by atoms with Crippen LogP contribution in [0.2, 0.25) is 5.15 Å². The van der Waals surface area contributed by atoms with Crippen LogP contribution in [-0.4, -0.2) is 27.0 Å². The van der Waals surface area contributed by atoms with Gasteiger partial charge in [-0.3, -0.25) is 10.1 Å². The van der Waals surface area contributed by atoms with Crippen LogP contribution in [0.25, 0.3) is 0 Å². The molecule has 92 valence electrons. The van der Waals surface area contributed by atoms with Crippen molar-refractivity contribution >= 4 is 23.1 Å². The zero-order chi connectivity index (χ0) is 12.6. The highest BCUT2D eigenvalue weighted by molar-refractivity contribution is 6.31. The number of halogens is 1. The maximum atomic E-state index is 11.0. The average molecular weight is 257 g/mol. The van der Waals surface area contributed by atoms with Gasteiger partial charge in [-0.05, 0) is 26.7 Å². The first kappa shape index (κ1) is 12.0. The molecule has 0 saturated carbocycles. The summed E-state index contributed by atoms with van der Waals surface area (Å²) in [6.45, 7) is 4.83. The Bertz CT molecular complexity index is 464. The normalized spacial score (nSPS) is 18.4. The lowest BCUT2D eigenvalue weighted by Gasteiger charge is -2.32. The molecule has 7 heteroatoms. The summed E-state index contributed by atoms with van der Waals surface area (Å²) in [4.78, 5) is 20.1. The second kappa shape index (κ2) is 4.10. The minimum Gasteiger partial charge on any atom is -0.346 e. The first-order chi connectivity index (χ1) is 7.93. The number of rotatable bonds is 2. The summed E-state index contributed by atoms with van der Waals surface area (Å²) in [6.07, 6.45) is 3.23. The van der Waals surface area contributed by atoms with Gasteiger partial charge in [0.1, 0.15) is 6.33 Å². The van der Waals surface area contributed by atoms with Crippen LogP contribution in [0.15, 0.2) is 6.33 Å². The number of nitro groups is 1. The third-order valence-corrected chi connectivity index (χ3v) is 3.37. The van der Waals surface area contributed by atoms with E-state index in [4.69, 9.17) is 11.6 Å². The molecule has 0 aromatic carbocycles. The molecule has 0 amide bonds. The molecule has 17 heavy (non-hydrogen) atoms. The van der Waals surface area contributed by atoms with Crippen molar-refractivity contribution in [3.05, 3.63) is 21.6 Å². The molecule has 2 rings (SSSR count). The van der Waals surface area contributed by atoms with Gasteiger partial charge in [0.2, 0.25) is 11.0 Å². The van der Waals surface area contributed by atoms with Crippen molar-refractivity contribution in [3.8, 4) is 0 Å². The van der Waals surface area contributed by atoms with Crippen LogP contribution >= 0.6 is 11.6 Å². The van der Waals surface area contributed by atoms with Crippen LogP contribution in [-0.2, 0) is 0 Å². The van der Waals surface area contributed by atoms with E-state index >= 15 is 0 Å². The van der Waals surface area contributed by atoms with Gasteiger partial charge in [-0.2, -0.15) is 0 Å². The van der Waals surface area contributed by atoms with Gasteiger partial charge in [-0.1, -0.05) is 11.6 Å². The average Bonchev–Trinajstić information content (AvgIpc) is 2.57. The standard InChI is InChI=1S/C10H13ClN4O2/c1-10(2)4-3-5-14(10)9-7(15(16)17)8(11)12-6-13-9/h6H,3-5H2,1-2H3. The van der Waals surface area contributed by atoms with Crippen LogP contribution in [0.1, 0.15) is 26.7 Å². The fourth-order valence-corrected chi connectivity index (χ4v) is 2.40. The van der Waals surface area contributed by atoms with Gasteiger partial charge in [0.05, 0.1) is 4.92 Å². The number of hydrogen-bond acceptors (Lipinski definition) is 5. The molecule has 6 nitrogen and oxygen atoms in total. The predicted molar refractivity (Wildman–Crippen MR) is 64.4 cm³/mol. The van der Waals surface area contributed by atoms with Gasteiger partial charge in [0.15, 0.2) is 0 Å². The highest BCUT2D eigenvalue weighted by Crippen LogP contribution is 2.39. The summed E-state index contributed by atoms with van der Waals surface area (Å²) in [6, 6.07) is 0. The topological polar surface area (TPSA) is 72.2 Å². The van der Waals surface area contributed by atoms with E-state index in [9.17, 15) is 10.1 Å². The van der Waals surface area contributed by atoms with Crippen molar-refractivity contribution in [1.82, 2.24) is 9.97 Å². The Labute approximate surface area is 104 Å². The maximum Gasteiger partial charge on any atom is 0.348 e. The Hall–Kier alpha value is -1.43.